The number of sulfonamides is 1. The fraction of sp³-hybridized carbons (Fsp3) is 0.500. The molecule has 7 nitrogen and oxygen atoms in total. The number of rotatable bonds is 4. The van der Waals surface area contributed by atoms with Gasteiger partial charge in [0.1, 0.15) is 17.5 Å². The first-order chi connectivity index (χ1) is 7.35. The fourth-order valence-corrected chi connectivity index (χ4v) is 1.69. The molecule has 0 saturated carbocycles. The van der Waals surface area contributed by atoms with Crippen molar-refractivity contribution in [3.63, 3.8) is 0 Å². The van der Waals surface area contributed by atoms with Gasteiger partial charge in [-0.3, -0.25) is 4.68 Å². The number of nitrogens with one attached hydrogen (secondary N) is 1. The lowest BCUT2D eigenvalue weighted by Crippen LogP contribution is -2.23. The molecule has 1 rings (SSSR count). The van der Waals surface area contributed by atoms with Gasteiger partial charge in [-0.25, -0.2) is 13.6 Å². The zero-order valence-corrected chi connectivity index (χ0v) is 9.87. The average molecular weight is 243 g/mol. The highest BCUT2D eigenvalue weighted by molar-refractivity contribution is 7.89. The van der Waals surface area contributed by atoms with E-state index in [0.717, 1.165) is 0 Å². The fourth-order valence-electron chi connectivity index (χ4n) is 1.31. The highest BCUT2D eigenvalue weighted by Crippen LogP contribution is 2.16. The molecule has 3 N–H and O–H groups in total. The summed E-state index contributed by atoms with van der Waals surface area (Å²) in [7, 11) is -1.82. The molecule has 88 valence electrons. The van der Waals surface area contributed by atoms with Crippen molar-refractivity contribution in [2.24, 2.45) is 12.2 Å². The molecular weight excluding hydrogens is 230 g/mol. The van der Waals surface area contributed by atoms with E-state index >= 15 is 0 Å². The van der Waals surface area contributed by atoms with E-state index < -0.39 is 10.0 Å². The van der Waals surface area contributed by atoms with Crippen molar-refractivity contribution in [1.82, 2.24) is 9.78 Å². The highest BCUT2D eigenvalue weighted by atomic mass is 32.2. The van der Waals surface area contributed by atoms with Crippen LogP contribution in [0.4, 0.5) is 5.82 Å². The largest absolute Gasteiger partial charge is 0.368 e. The molecule has 0 saturated heterocycles. The molecule has 0 radical (unpaired) electrons. The van der Waals surface area contributed by atoms with Crippen LogP contribution in [-0.2, 0) is 17.1 Å². The molecule has 8 heteroatoms. The van der Waals surface area contributed by atoms with E-state index in [1.807, 2.05) is 6.07 Å². The first-order valence-corrected chi connectivity index (χ1v) is 6.24. The summed E-state index contributed by atoms with van der Waals surface area (Å²) in [6.07, 6.45) is 0. The van der Waals surface area contributed by atoms with Crippen LogP contribution in [0, 0.1) is 18.3 Å². The van der Waals surface area contributed by atoms with Crippen LogP contribution >= 0.6 is 0 Å². The first kappa shape index (κ1) is 12.5. The standard InChI is InChI=1S/C8H13N5O2S/c1-6-7(5-9)8(13(2)12-6)11-3-4-16(10,14)15/h11H,3-4H2,1-2H3,(H2,10,14,15). The minimum Gasteiger partial charge on any atom is -0.368 e. The summed E-state index contributed by atoms with van der Waals surface area (Å²) in [4.78, 5) is 0. The molecule has 1 aromatic rings. The maximum absolute atomic E-state index is 10.7. The van der Waals surface area contributed by atoms with Crippen molar-refractivity contribution < 1.29 is 8.42 Å². The summed E-state index contributed by atoms with van der Waals surface area (Å²) < 4.78 is 22.9. The molecule has 1 aromatic heterocycles. The third kappa shape index (κ3) is 2.95. The van der Waals surface area contributed by atoms with Gasteiger partial charge in [0.05, 0.1) is 11.4 Å². The van der Waals surface area contributed by atoms with E-state index in [9.17, 15) is 8.42 Å². The molecule has 0 amide bonds. The number of anilines is 1. The van der Waals surface area contributed by atoms with E-state index in [1.54, 1.807) is 14.0 Å². The lowest BCUT2D eigenvalue weighted by atomic mass is 10.2. The zero-order valence-electron chi connectivity index (χ0n) is 9.06. The minimum atomic E-state index is -3.49. The highest BCUT2D eigenvalue weighted by Gasteiger charge is 2.12. The smallest absolute Gasteiger partial charge is 0.210 e. The first-order valence-electron chi connectivity index (χ1n) is 4.53. The molecule has 0 fully saturated rings. The molecule has 0 spiro atoms. The second kappa shape index (κ2) is 4.51. The van der Waals surface area contributed by atoms with Crippen LogP contribution in [0.1, 0.15) is 11.3 Å². The van der Waals surface area contributed by atoms with Gasteiger partial charge >= 0.3 is 0 Å². The minimum absolute atomic E-state index is 0.145. The van der Waals surface area contributed by atoms with Crippen molar-refractivity contribution in [3.05, 3.63) is 11.3 Å². The third-order valence-corrected chi connectivity index (χ3v) is 2.79. The number of primary sulfonamides is 1. The van der Waals surface area contributed by atoms with E-state index in [4.69, 9.17) is 10.4 Å². The monoisotopic (exact) mass is 243 g/mol. The Balaban J connectivity index is 2.79. The SMILES string of the molecule is Cc1nn(C)c(NCCS(N)(=O)=O)c1C#N. The Morgan fingerprint density at radius 2 is 2.25 bits per heavy atom. The average Bonchev–Trinajstić information content (AvgIpc) is 2.39. The molecule has 0 aliphatic rings. The number of nitriles is 1. The van der Waals surface area contributed by atoms with Crippen molar-refractivity contribution in [3.8, 4) is 6.07 Å². The second-order valence-corrected chi connectivity index (χ2v) is 5.07. The Morgan fingerprint density at radius 1 is 1.62 bits per heavy atom. The van der Waals surface area contributed by atoms with Crippen LogP contribution in [0.3, 0.4) is 0 Å². The second-order valence-electron chi connectivity index (χ2n) is 3.34. The molecule has 0 aliphatic carbocycles. The van der Waals surface area contributed by atoms with Crippen LogP contribution in [-0.4, -0.2) is 30.5 Å². The predicted molar refractivity (Wildman–Crippen MR) is 59.1 cm³/mol. The number of hydrogen-bond donors (Lipinski definition) is 2. The molecule has 0 unspecified atom stereocenters. The van der Waals surface area contributed by atoms with E-state index in [0.29, 0.717) is 17.1 Å². The summed E-state index contributed by atoms with van der Waals surface area (Å²) in [5.41, 5.74) is 1.01. The Labute approximate surface area is 93.9 Å². The lowest BCUT2D eigenvalue weighted by molar-refractivity contribution is 0.598. The molecular formula is C8H13N5O2S. The maximum Gasteiger partial charge on any atom is 0.210 e. The van der Waals surface area contributed by atoms with Crippen LogP contribution < -0.4 is 10.5 Å². The summed E-state index contributed by atoms with van der Waals surface area (Å²) in [5, 5.41) is 20.6. The van der Waals surface area contributed by atoms with E-state index in [-0.39, 0.29) is 12.3 Å². The predicted octanol–water partition coefficient (Wildman–Crippen LogP) is -0.699. The van der Waals surface area contributed by atoms with Gasteiger partial charge < -0.3 is 5.32 Å². The molecule has 16 heavy (non-hydrogen) atoms. The van der Waals surface area contributed by atoms with Gasteiger partial charge in [-0.1, -0.05) is 0 Å². The van der Waals surface area contributed by atoms with Gasteiger partial charge in [-0.05, 0) is 6.92 Å². The number of aromatic nitrogens is 2. The molecule has 0 aromatic carbocycles. The van der Waals surface area contributed by atoms with Crippen LogP contribution in [0.25, 0.3) is 0 Å². The van der Waals surface area contributed by atoms with Crippen molar-refractivity contribution in [1.29, 1.82) is 5.26 Å². The number of aryl methyl sites for hydroxylation is 2. The van der Waals surface area contributed by atoms with Gasteiger partial charge in [0, 0.05) is 13.6 Å². The number of nitrogens with zero attached hydrogens (tertiary/aromatic N) is 3. The summed E-state index contributed by atoms with van der Waals surface area (Å²) >= 11 is 0. The Kier molecular flexibility index (Phi) is 3.51. The van der Waals surface area contributed by atoms with E-state index in [2.05, 4.69) is 10.4 Å². The van der Waals surface area contributed by atoms with Gasteiger partial charge in [0.15, 0.2) is 0 Å². The Bertz CT molecular complexity index is 525. The van der Waals surface area contributed by atoms with Gasteiger partial charge in [0.25, 0.3) is 0 Å². The van der Waals surface area contributed by atoms with Gasteiger partial charge in [-0.15, -0.1) is 0 Å². The normalized spacial score (nSPS) is 11.1. The van der Waals surface area contributed by atoms with Gasteiger partial charge in [0.2, 0.25) is 10.0 Å². The topological polar surface area (TPSA) is 114 Å². The maximum atomic E-state index is 10.7. The molecule has 0 atom stereocenters. The Hall–Kier alpha value is -1.59. The van der Waals surface area contributed by atoms with E-state index in [1.165, 1.54) is 4.68 Å². The van der Waals surface area contributed by atoms with Gasteiger partial charge in [-0.2, -0.15) is 10.4 Å². The number of hydrogen-bond acceptors (Lipinski definition) is 5. The van der Waals surface area contributed by atoms with Crippen molar-refractivity contribution in [2.45, 2.75) is 6.92 Å². The zero-order chi connectivity index (χ0) is 12.3. The van der Waals surface area contributed by atoms with Crippen LogP contribution in [0.5, 0.6) is 0 Å². The summed E-state index contributed by atoms with van der Waals surface area (Å²) in [6.45, 7) is 1.86. The molecule has 0 bridgehead atoms. The third-order valence-electron chi connectivity index (χ3n) is 2.01. The van der Waals surface area contributed by atoms with Crippen LogP contribution in [0.2, 0.25) is 0 Å². The summed E-state index contributed by atoms with van der Waals surface area (Å²) in [5.74, 6) is 0.311. The van der Waals surface area contributed by atoms with Crippen molar-refractivity contribution in [2.75, 3.05) is 17.6 Å². The molecule has 0 aliphatic heterocycles. The quantitative estimate of drug-likeness (QED) is 0.725. The van der Waals surface area contributed by atoms with Crippen molar-refractivity contribution >= 4 is 15.8 Å². The Morgan fingerprint density at radius 3 is 2.75 bits per heavy atom. The summed E-state index contributed by atoms with van der Waals surface area (Å²) in [6, 6.07) is 2.01. The van der Waals surface area contributed by atoms with Crippen LogP contribution in [0.15, 0.2) is 0 Å². The lowest BCUT2D eigenvalue weighted by Gasteiger charge is -2.05. The molecule has 1 heterocycles. The number of nitrogens with two attached hydrogens (primary N) is 1.